The monoisotopic (exact) mass is 248 g/mol. The van der Waals surface area contributed by atoms with Crippen LogP contribution in [0, 0.1) is 23.1 Å². The first-order chi connectivity index (χ1) is 8.47. The molecule has 1 fully saturated rings. The SMILES string of the molecule is CC(Nc1ccc(F)c(C#N)c1)(C(=O)O)C1CC1. The second kappa shape index (κ2) is 4.30. The summed E-state index contributed by atoms with van der Waals surface area (Å²) in [7, 11) is 0. The predicted molar refractivity (Wildman–Crippen MR) is 63.5 cm³/mol. The lowest BCUT2D eigenvalue weighted by Gasteiger charge is -2.27. The van der Waals surface area contributed by atoms with Gasteiger partial charge in [-0.05, 0) is 43.9 Å². The maximum absolute atomic E-state index is 13.2. The van der Waals surface area contributed by atoms with E-state index in [0.717, 1.165) is 18.9 Å². The first kappa shape index (κ1) is 12.4. The Balaban J connectivity index is 2.28. The van der Waals surface area contributed by atoms with E-state index in [2.05, 4.69) is 5.32 Å². The third kappa shape index (κ3) is 2.14. The van der Waals surface area contributed by atoms with Crippen LogP contribution in [0.4, 0.5) is 10.1 Å². The molecule has 1 atom stereocenters. The van der Waals surface area contributed by atoms with Gasteiger partial charge in [0.05, 0.1) is 5.56 Å². The van der Waals surface area contributed by atoms with E-state index in [1.165, 1.54) is 12.1 Å². The Hall–Kier alpha value is -2.09. The van der Waals surface area contributed by atoms with Gasteiger partial charge < -0.3 is 10.4 Å². The zero-order chi connectivity index (χ0) is 13.3. The lowest BCUT2D eigenvalue weighted by atomic mass is 9.95. The summed E-state index contributed by atoms with van der Waals surface area (Å²) in [5.41, 5.74) is -0.710. The zero-order valence-corrected chi connectivity index (χ0v) is 9.90. The standard InChI is InChI=1S/C13H13FN2O2/c1-13(12(17)18,9-2-3-9)16-10-4-5-11(14)8(6-10)7-15/h4-6,9,16H,2-3H2,1H3,(H,17,18). The minimum absolute atomic E-state index is 0.0746. The van der Waals surface area contributed by atoms with Gasteiger partial charge in [-0.1, -0.05) is 0 Å². The van der Waals surface area contributed by atoms with Crippen molar-refractivity contribution in [2.24, 2.45) is 5.92 Å². The average molecular weight is 248 g/mol. The summed E-state index contributed by atoms with van der Waals surface area (Å²) < 4.78 is 13.2. The van der Waals surface area contributed by atoms with E-state index in [1.54, 1.807) is 13.0 Å². The Labute approximate surface area is 104 Å². The quantitative estimate of drug-likeness (QED) is 0.857. The van der Waals surface area contributed by atoms with Gasteiger partial charge in [0, 0.05) is 5.69 Å². The minimum Gasteiger partial charge on any atom is -0.480 e. The number of anilines is 1. The van der Waals surface area contributed by atoms with Crippen LogP contribution < -0.4 is 5.32 Å². The first-order valence-electron chi connectivity index (χ1n) is 5.68. The molecular formula is C13H13FN2O2. The maximum Gasteiger partial charge on any atom is 0.329 e. The van der Waals surface area contributed by atoms with Crippen molar-refractivity contribution in [1.29, 1.82) is 5.26 Å². The molecule has 18 heavy (non-hydrogen) atoms. The number of hydrogen-bond donors (Lipinski definition) is 2. The molecule has 5 heteroatoms. The van der Waals surface area contributed by atoms with E-state index < -0.39 is 17.3 Å². The smallest absolute Gasteiger partial charge is 0.329 e. The molecule has 94 valence electrons. The van der Waals surface area contributed by atoms with Crippen molar-refractivity contribution in [3.63, 3.8) is 0 Å². The first-order valence-corrected chi connectivity index (χ1v) is 5.68. The molecule has 1 aliphatic carbocycles. The van der Waals surface area contributed by atoms with Gasteiger partial charge in [-0.25, -0.2) is 9.18 Å². The van der Waals surface area contributed by atoms with Gasteiger partial charge >= 0.3 is 5.97 Å². The van der Waals surface area contributed by atoms with Gasteiger partial charge in [-0.3, -0.25) is 0 Å². The summed E-state index contributed by atoms with van der Waals surface area (Å²) in [6.07, 6.45) is 1.73. The number of rotatable bonds is 4. The fourth-order valence-corrected chi connectivity index (χ4v) is 1.98. The largest absolute Gasteiger partial charge is 0.480 e. The van der Waals surface area contributed by atoms with Crippen molar-refractivity contribution in [1.82, 2.24) is 0 Å². The van der Waals surface area contributed by atoms with Crippen molar-refractivity contribution >= 4 is 11.7 Å². The fourth-order valence-electron chi connectivity index (χ4n) is 1.98. The van der Waals surface area contributed by atoms with Gasteiger partial charge in [-0.15, -0.1) is 0 Å². The third-order valence-electron chi connectivity index (χ3n) is 3.33. The number of hydrogen-bond acceptors (Lipinski definition) is 3. The van der Waals surface area contributed by atoms with Crippen molar-refractivity contribution in [3.8, 4) is 6.07 Å². The van der Waals surface area contributed by atoms with Crippen LogP contribution in [0.3, 0.4) is 0 Å². The minimum atomic E-state index is -1.06. The van der Waals surface area contributed by atoms with Crippen molar-refractivity contribution in [3.05, 3.63) is 29.6 Å². The summed E-state index contributed by atoms with van der Waals surface area (Å²) in [5.74, 6) is -1.47. The van der Waals surface area contributed by atoms with Crippen LogP contribution in [0.25, 0.3) is 0 Å². The number of carboxylic acids is 1. The highest BCUT2D eigenvalue weighted by molar-refractivity contribution is 5.83. The Morgan fingerprint density at radius 2 is 2.28 bits per heavy atom. The summed E-state index contributed by atoms with van der Waals surface area (Å²) >= 11 is 0. The number of halogens is 1. The second-order valence-corrected chi connectivity index (χ2v) is 4.71. The fraction of sp³-hybridized carbons (Fsp3) is 0.385. The van der Waals surface area contributed by atoms with E-state index in [1.807, 2.05) is 0 Å². The van der Waals surface area contributed by atoms with Crippen molar-refractivity contribution in [2.45, 2.75) is 25.3 Å². The molecule has 0 radical (unpaired) electrons. The Kier molecular flexibility index (Phi) is 2.95. The molecule has 0 spiro atoms. The van der Waals surface area contributed by atoms with Crippen LogP contribution >= 0.6 is 0 Å². The summed E-state index contributed by atoms with van der Waals surface area (Å²) in [6.45, 7) is 1.61. The molecule has 0 bridgehead atoms. The highest BCUT2D eigenvalue weighted by Crippen LogP contribution is 2.41. The number of aliphatic carboxylic acids is 1. The molecule has 1 unspecified atom stereocenters. The normalized spacial score (nSPS) is 17.6. The highest BCUT2D eigenvalue weighted by Gasteiger charge is 2.47. The molecule has 1 aliphatic rings. The number of carbonyl (C=O) groups is 1. The van der Waals surface area contributed by atoms with Crippen molar-refractivity contribution < 1.29 is 14.3 Å². The zero-order valence-electron chi connectivity index (χ0n) is 9.90. The molecule has 0 aromatic heterocycles. The van der Waals surface area contributed by atoms with Gasteiger partial charge in [-0.2, -0.15) is 5.26 Å². The third-order valence-corrected chi connectivity index (χ3v) is 3.33. The maximum atomic E-state index is 13.2. The van der Waals surface area contributed by atoms with Gasteiger partial charge in [0.15, 0.2) is 0 Å². The summed E-state index contributed by atoms with van der Waals surface area (Å²) in [5, 5.41) is 20.9. The molecule has 4 nitrogen and oxygen atoms in total. The molecule has 0 heterocycles. The summed E-state index contributed by atoms with van der Waals surface area (Å²) in [6, 6.07) is 5.67. The molecule has 1 aromatic carbocycles. The molecule has 0 saturated heterocycles. The molecule has 0 amide bonds. The highest BCUT2D eigenvalue weighted by atomic mass is 19.1. The molecule has 0 aliphatic heterocycles. The van der Waals surface area contributed by atoms with E-state index in [9.17, 15) is 14.3 Å². The number of nitrogens with zero attached hydrogens (tertiary/aromatic N) is 1. The van der Waals surface area contributed by atoms with E-state index >= 15 is 0 Å². The molecule has 1 saturated carbocycles. The van der Waals surface area contributed by atoms with Crippen LogP contribution in [0.5, 0.6) is 0 Å². The topological polar surface area (TPSA) is 73.1 Å². The number of benzene rings is 1. The summed E-state index contributed by atoms with van der Waals surface area (Å²) in [4.78, 5) is 11.3. The van der Waals surface area contributed by atoms with Crippen LogP contribution in [-0.4, -0.2) is 16.6 Å². The van der Waals surface area contributed by atoms with Crippen molar-refractivity contribution in [2.75, 3.05) is 5.32 Å². The lowest BCUT2D eigenvalue weighted by molar-refractivity contribution is -0.142. The number of nitrogens with one attached hydrogen (secondary N) is 1. The Bertz CT molecular complexity index is 534. The second-order valence-electron chi connectivity index (χ2n) is 4.71. The molecule has 2 N–H and O–H groups in total. The van der Waals surface area contributed by atoms with Crippen LogP contribution in [0.2, 0.25) is 0 Å². The van der Waals surface area contributed by atoms with Crippen LogP contribution in [0.15, 0.2) is 18.2 Å². The van der Waals surface area contributed by atoms with Gasteiger partial charge in [0.2, 0.25) is 0 Å². The Morgan fingerprint density at radius 3 is 2.78 bits per heavy atom. The van der Waals surface area contributed by atoms with E-state index in [0.29, 0.717) is 5.69 Å². The van der Waals surface area contributed by atoms with Gasteiger partial charge in [0.1, 0.15) is 17.4 Å². The molecule has 2 rings (SSSR count). The Morgan fingerprint density at radius 1 is 1.61 bits per heavy atom. The lowest BCUT2D eigenvalue weighted by Crippen LogP contribution is -2.45. The predicted octanol–water partition coefficient (Wildman–Crippen LogP) is 2.36. The van der Waals surface area contributed by atoms with Crippen LogP contribution in [0.1, 0.15) is 25.3 Å². The number of nitriles is 1. The average Bonchev–Trinajstić information content (AvgIpc) is 3.15. The molecular weight excluding hydrogens is 235 g/mol. The van der Waals surface area contributed by atoms with Gasteiger partial charge in [0.25, 0.3) is 0 Å². The molecule has 1 aromatic rings. The number of carboxylic acid groups (broad SMARTS) is 1. The van der Waals surface area contributed by atoms with E-state index in [4.69, 9.17) is 5.26 Å². The van der Waals surface area contributed by atoms with Crippen LogP contribution in [-0.2, 0) is 4.79 Å². The van der Waals surface area contributed by atoms with E-state index in [-0.39, 0.29) is 11.5 Å².